The first kappa shape index (κ1) is 16.8. The molecule has 1 aliphatic carbocycles. The molecule has 0 unspecified atom stereocenters. The van der Waals surface area contributed by atoms with E-state index in [-0.39, 0.29) is 5.84 Å². The number of nitrogens with zero attached hydrogens (tertiary/aromatic N) is 3. The largest absolute Gasteiger partial charge is 0.457 e. The fourth-order valence-corrected chi connectivity index (χ4v) is 4.60. The molecule has 3 aliphatic rings. The number of rotatable bonds is 3. The molecule has 28 heavy (non-hydrogen) atoms. The minimum absolute atomic E-state index is 0.0813. The van der Waals surface area contributed by atoms with Crippen molar-refractivity contribution in [1.29, 1.82) is 10.5 Å². The van der Waals surface area contributed by atoms with Gasteiger partial charge in [0.25, 0.3) is 5.91 Å². The van der Waals surface area contributed by atoms with Gasteiger partial charge in [-0.25, -0.2) is 4.99 Å². The van der Waals surface area contributed by atoms with Gasteiger partial charge in [-0.3, -0.25) is 0 Å². The molecule has 138 valence electrons. The summed E-state index contributed by atoms with van der Waals surface area (Å²) in [5, 5.41) is 20.1. The van der Waals surface area contributed by atoms with Gasteiger partial charge in [-0.1, -0.05) is 30.3 Å². The molecule has 3 atom stereocenters. The van der Waals surface area contributed by atoms with Crippen LogP contribution in [0.15, 0.2) is 59.6 Å². The maximum Gasteiger partial charge on any atom is 0.293 e. The van der Waals surface area contributed by atoms with Crippen molar-refractivity contribution in [1.82, 2.24) is 0 Å². The lowest BCUT2D eigenvalue weighted by Crippen LogP contribution is -2.38. The molecule has 7 heteroatoms. The number of amidine groups is 1. The van der Waals surface area contributed by atoms with E-state index in [4.69, 9.17) is 19.9 Å². The predicted molar refractivity (Wildman–Crippen MR) is 98.0 cm³/mol. The standard InChI is InChI=1S/C21H16N4O3/c22-12-19-17(20(19,13-23)21(25-18(19)24)26-9-10-27-21)14-5-4-8-16(11-14)28-15-6-2-1-3-7-15/h1-8,11,17H,9-10H2,(H2,24,25)/t17-,19-,20-/m0/s1. The van der Waals surface area contributed by atoms with Crippen molar-refractivity contribution in [3.63, 3.8) is 0 Å². The van der Waals surface area contributed by atoms with Crippen LogP contribution in [0, 0.1) is 33.5 Å². The van der Waals surface area contributed by atoms with Gasteiger partial charge in [-0.05, 0) is 29.8 Å². The average Bonchev–Trinajstić information content (AvgIpc) is 2.98. The average molecular weight is 372 g/mol. The monoisotopic (exact) mass is 372 g/mol. The smallest absolute Gasteiger partial charge is 0.293 e. The third-order valence-corrected chi connectivity index (χ3v) is 5.78. The van der Waals surface area contributed by atoms with E-state index in [1.54, 1.807) is 0 Å². The molecule has 1 saturated heterocycles. The SMILES string of the molecule is N#C[C@]12C(N)=NC3(OCCO3)[C@@]1(C#N)[C@H]2c1cccc(Oc2ccccc2)c1. The lowest BCUT2D eigenvalue weighted by molar-refractivity contribution is -0.184. The molecule has 1 spiro atoms. The molecule has 2 heterocycles. The third kappa shape index (κ3) is 1.80. The normalized spacial score (nSPS) is 31.5. The summed E-state index contributed by atoms with van der Waals surface area (Å²) in [5.74, 6) is -0.668. The van der Waals surface area contributed by atoms with Crippen molar-refractivity contribution in [2.45, 2.75) is 11.8 Å². The second kappa shape index (κ2) is 5.56. The number of ether oxygens (including phenoxy) is 3. The first-order valence-electron chi connectivity index (χ1n) is 8.93. The van der Waals surface area contributed by atoms with E-state index in [0.717, 1.165) is 5.56 Å². The fraction of sp³-hybridized carbons (Fsp3) is 0.286. The van der Waals surface area contributed by atoms with Crippen LogP contribution >= 0.6 is 0 Å². The van der Waals surface area contributed by atoms with E-state index < -0.39 is 22.7 Å². The lowest BCUT2D eigenvalue weighted by atomic mass is 9.94. The molecule has 0 aromatic heterocycles. The molecule has 7 nitrogen and oxygen atoms in total. The molecule has 2 aliphatic heterocycles. The number of hydrogen-bond donors (Lipinski definition) is 1. The van der Waals surface area contributed by atoms with Crippen LogP contribution in [0.25, 0.3) is 0 Å². The summed E-state index contributed by atoms with van der Waals surface area (Å²) in [6, 6.07) is 21.2. The van der Waals surface area contributed by atoms with Crippen molar-refractivity contribution in [3.05, 3.63) is 60.2 Å². The third-order valence-electron chi connectivity index (χ3n) is 5.78. The molecule has 2 aromatic rings. The van der Waals surface area contributed by atoms with Crippen molar-refractivity contribution >= 4 is 5.84 Å². The number of aliphatic imine (C=N–C) groups is 1. The van der Waals surface area contributed by atoms with E-state index in [9.17, 15) is 10.5 Å². The highest BCUT2D eigenvalue weighted by Gasteiger charge is 2.94. The maximum absolute atomic E-state index is 10.1. The minimum atomic E-state index is -1.53. The van der Waals surface area contributed by atoms with E-state index in [2.05, 4.69) is 17.1 Å². The molecule has 2 aromatic carbocycles. The summed E-state index contributed by atoms with van der Waals surface area (Å²) in [7, 11) is 0. The Balaban J connectivity index is 1.58. The van der Waals surface area contributed by atoms with Crippen molar-refractivity contribution in [2.24, 2.45) is 21.6 Å². The highest BCUT2D eigenvalue weighted by atomic mass is 16.8. The zero-order chi connectivity index (χ0) is 19.4. The number of para-hydroxylation sites is 1. The van der Waals surface area contributed by atoms with Crippen LogP contribution in [0.1, 0.15) is 11.5 Å². The topological polar surface area (TPSA) is 114 Å². The van der Waals surface area contributed by atoms with Gasteiger partial charge in [0.1, 0.15) is 22.7 Å². The minimum Gasteiger partial charge on any atom is -0.457 e. The molecule has 1 saturated carbocycles. The van der Waals surface area contributed by atoms with Crippen LogP contribution in [-0.4, -0.2) is 25.0 Å². The number of benzene rings is 2. The van der Waals surface area contributed by atoms with Crippen LogP contribution in [0.4, 0.5) is 0 Å². The van der Waals surface area contributed by atoms with Crippen LogP contribution in [-0.2, 0) is 9.47 Å². The number of hydrogen-bond acceptors (Lipinski definition) is 7. The first-order valence-corrected chi connectivity index (χ1v) is 8.93. The Hall–Kier alpha value is -3.39. The summed E-state index contributed by atoms with van der Waals surface area (Å²) < 4.78 is 17.4. The quantitative estimate of drug-likeness (QED) is 0.886. The van der Waals surface area contributed by atoms with Gasteiger partial charge in [0.2, 0.25) is 0 Å². The summed E-state index contributed by atoms with van der Waals surface area (Å²) >= 11 is 0. The summed E-state index contributed by atoms with van der Waals surface area (Å²) in [5.41, 5.74) is 4.31. The summed E-state index contributed by atoms with van der Waals surface area (Å²) in [4.78, 5) is 4.28. The molecular weight excluding hydrogens is 356 g/mol. The Morgan fingerprint density at radius 3 is 2.39 bits per heavy atom. The highest BCUT2D eigenvalue weighted by molar-refractivity contribution is 6.00. The molecule has 5 rings (SSSR count). The maximum atomic E-state index is 10.1. The Morgan fingerprint density at radius 1 is 1.00 bits per heavy atom. The van der Waals surface area contributed by atoms with Gasteiger partial charge < -0.3 is 19.9 Å². The summed E-state index contributed by atoms with van der Waals surface area (Å²) in [6.45, 7) is 0.594. The Bertz CT molecular complexity index is 1070. The molecule has 2 N–H and O–H groups in total. The molecule has 0 amide bonds. The van der Waals surface area contributed by atoms with Gasteiger partial charge in [-0.15, -0.1) is 0 Å². The molecule has 0 bridgehead atoms. The number of nitriles is 2. The predicted octanol–water partition coefficient (Wildman–Crippen LogP) is 2.67. The van der Waals surface area contributed by atoms with Crippen LogP contribution < -0.4 is 10.5 Å². The van der Waals surface area contributed by atoms with Crippen LogP contribution in [0.5, 0.6) is 11.5 Å². The van der Waals surface area contributed by atoms with Gasteiger partial charge in [0.15, 0.2) is 5.41 Å². The van der Waals surface area contributed by atoms with Gasteiger partial charge in [0.05, 0.1) is 25.4 Å². The van der Waals surface area contributed by atoms with Crippen LogP contribution in [0.3, 0.4) is 0 Å². The van der Waals surface area contributed by atoms with Crippen molar-refractivity contribution in [2.75, 3.05) is 13.2 Å². The van der Waals surface area contributed by atoms with Gasteiger partial charge in [0, 0.05) is 5.92 Å². The Labute approximate surface area is 161 Å². The molecule has 0 radical (unpaired) electrons. The van der Waals surface area contributed by atoms with E-state index in [0.29, 0.717) is 24.7 Å². The van der Waals surface area contributed by atoms with Crippen molar-refractivity contribution in [3.8, 4) is 23.6 Å². The summed E-state index contributed by atoms with van der Waals surface area (Å²) in [6.07, 6.45) is 0. The van der Waals surface area contributed by atoms with E-state index in [1.807, 2.05) is 54.6 Å². The number of fused-ring (bicyclic) bond motifs is 2. The van der Waals surface area contributed by atoms with Crippen LogP contribution in [0.2, 0.25) is 0 Å². The zero-order valence-electron chi connectivity index (χ0n) is 14.8. The molecular formula is C21H16N4O3. The number of nitrogens with two attached hydrogens (primary N) is 1. The second-order valence-corrected chi connectivity index (χ2v) is 7.04. The zero-order valence-corrected chi connectivity index (χ0v) is 14.8. The van der Waals surface area contributed by atoms with E-state index in [1.165, 1.54) is 0 Å². The Morgan fingerprint density at radius 2 is 1.71 bits per heavy atom. The van der Waals surface area contributed by atoms with Gasteiger partial charge in [-0.2, -0.15) is 10.5 Å². The first-order chi connectivity index (χ1) is 13.6. The van der Waals surface area contributed by atoms with E-state index >= 15 is 0 Å². The lowest BCUT2D eigenvalue weighted by Gasteiger charge is -2.25. The second-order valence-electron chi connectivity index (χ2n) is 7.04. The Kier molecular flexibility index (Phi) is 3.33. The fourth-order valence-electron chi connectivity index (χ4n) is 4.60. The molecule has 2 fully saturated rings. The highest BCUT2D eigenvalue weighted by Crippen LogP contribution is 2.82. The van der Waals surface area contributed by atoms with Crippen molar-refractivity contribution < 1.29 is 14.2 Å². The van der Waals surface area contributed by atoms with Gasteiger partial charge >= 0.3 is 0 Å².